The number of carbonyl (C=O) groups excluding carboxylic acids is 1. The first-order valence-corrected chi connectivity index (χ1v) is 8.69. The molecule has 2 aliphatic heterocycles. The molecule has 3 heterocycles. The second-order valence-electron chi connectivity index (χ2n) is 6.44. The van der Waals surface area contributed by atoms with E-state index in [-0.39, 0.29) is 5.91 Å². The Morgan fingerprint density at radius 2 is 2.18 bits per heavy atom. The standard InChI is InChI=1S/C18H20N2OS/c1-12-5-6-15-13(10-12)14-11-19(2)8-7-16(14)20(15)18(21)17-4-3-9-22-17/h3-6,9-10,14,16H,7-8,11H2,1-2H3. The van der Waals surface area contributed by atoms with Gasteiger partial charge in [-0.2, -0.15) is 0 Å². The number of carbonyl (C=O) groups is 1. The minimum absolute atomic E-state index is 0.164. The second-order valence-corrected chi connectivity index (χ2v) is 7.39. The number of nitrogens with zero attached hydrogens (tertiary/aromatic N) is 2. The number of piperidine rings is 1. The number of likely N-dealkylation sites (tertiary alicyclic amines) is 1. The van der Waals surface area contributed by atoms with Crippen LogP contribution in [0.15, 0.2) is 35.7 Å². The largest absolute Gasteiger partial charge is 0.306 e. The van der Waals surface area contributed by atoms with Crippen LogP contribution in [-0.4, -0.2) is 37.0 Å². The van der Waals surface area contributed by atoms with Gasteiger partial charge in [-0.1, -0.05) is 23.8 Å². The average Bonchev–Trinajstić information content (AvgIpc) is 3.13. The molecule has 0 bridgehead atoms. The highest BCUT2D eigenvalue weighted by atomic mass is 32.1. The van der Waals surface area contributed by atoms with E-state index in [1.165, 1.54) is 22.5 Å². The lowest BCUT2D eigenvalue weighted by Gasteiger charge is -2.36. The molecule has 0 aliphatic carbocycles. The summed E-state index contributed by atoms with van der Waals surface area (Å²) in [4.78, 5) is 18.3. The van der Waals surface area contributed by atoms with Crippen molar-refractivity contribution in [2.24, 2.45) is 0 Å². The van der Waals surface area contributed by atoms with Gasteiger partial charge in [0, 0.05) is 24.2 Å². The van der Waals surface area contributed by atoms with E-state index in [1.54, 1.807) is 0 Å². The van der Waals surface area contributed by atoms with Crippen molar-refractivity contribution < 1.29 is 4.79 Å². The third-order valence-electron chi connectivity index (χ3n) is 4.90. The molecule has 1 aromatic heterocycles. The van der Waals surface area contributed by atoms with Gasteiger partial charge in [-0.15, -0.1) is 11.3 Å². The molecular formula is C18H20N2OS. The quantitative estimate of drug-likeness (QED) is 0.804. The number of benzene rings is 1. The van der Waals surface area contributed by atoms with Crippen LogP contribution in [-0.2, 0) is 0 Å². The van der Waals surface area contributed by atoms with Crippen molar-refractivity contribution in [2.75, 3.05) is 25.0 Å². The van der Waals surface area contributed by atoms with Crippen LogP contribution in [0, 0.1) is 6.92 Å². The van der Waals surface area contributed by atoms with E-state index < -0.39 is 0 Å². The van der Waals surface area contributed by atoms with E-state index >= 15 is 0 Å². The molecule has 2 aliphatic rings. The molecule has 0 saturated carbocycles. The van der Waals surface area contributed by atoms with Gasteiger partial charge in [-0.25, -0.2) is 0 Å². The summed E-state index contributed by atoms with van der Waals surface area (Å²) >= 11 is 1.53. The zero-order valence-corrected chi connectivity index (χ0v) is 13.8. The summed E-state index contributed by atoms with van der Waals surface area (Å²) in [6.45, 7) is 4.23. The molecular weight excluding hydrogens is 292 g/mol. The van der Waals surface area contributed by atoms with Crippen molar-refractivity contribution in [3.8, 4) is 0 Å². The van der Waals surface area contributed by atoms with Crippen molar-refractivity contribution >= 4 is 22.9 Å². The number of anilines is 1. The Kier molecular flexibility index (Phi) is 3.31. The smallest absolute Gasteiger partial charge is 0.268 e. The minimum atomic E-state index is 0.164. The number of amides is 1. The fourth-order valence-electron chi connectivity index (χ4n) is 3.87. The van der Waals surface area contributed by atoms with E-state index in [0.717, 1.165) is 30.1 Å². The molecule has 2 unspecified atom stereocenters. The summed E-state index contributed by atoms with van der Waals surface area (Å²) in [5, 5.41) is 1.98. The first-order chi connectivity index (χ1) is 10.6. The number of aryl methyl sites for hydroxylation is 1. The van der Waals surface area contributed by atoms with Crippen molar-refractivity contribution in [2.45, 2.75) is 25.3 Å². The lowest BCUT2D eigenvalue weighted by atomic mass is 9.89. The molecule has 0 N–H and O–H groups in total. The Hall–Kier alpha value is -1.65. The van der Waals surface area contributed by atoms with Gasteiger partial charge < -0.3 is 9.80 Å². The summed E-state index contributed by atoms with van der Waals surface area (Å²) in [5.41, 5.74) is 3.74. The van der Waals surface area contributed by atoms with Crippen LogP contribution in [0.4, 0.5) is 5.69 Å². The SMILES string of the molecule is Cc1ccc2c(c1)C1CN(C)CCC1N2C(=O)c1cccs1. The monoisotopic (exact) mass is 312 g/mol. The average molecular weight is 312 g/mol. The van der Waals surface area contributed by atoms with Gasteiger partial charge in [0.2, 0.25) is 0 Å². The summed E-state index contributed by atoms with van der Waals surface area (Å²) in [7, 11) is 2.18. The summed E-state index contributed by atoms with van der Waals surface area (Å²) in [6.07, 6.45) is 1.05. The van der Waals surface area contributed by atoms with Gasteiger partial charge in [0.25, 0.3) is 5.91 Å². The van der Waals surface area contributed by atoms with Gasteiger partial charge in [0.15, 0.2) is 0 Å². The summed E-state index contributed by atoms with van der Waals surface area (Å²) < 4.78 is 0. The minimum Gasteiger partial charge on any atom is -0.306 e. The van der Waals surface area contributed by atoms with Crippen LogP contribution in [0.25, 0.3) is 0 Å². The molecule has 2 aromatic rings. The van der Waals surface area contributed by atoms with Crippen LogP contribution in [0.1, 0.15) is 33.1 Å². The Labute approximate surface area is 135 Å². The van der Waals surface area contributed by atoms with E-state index in [9.17, 15) is 4.79 Å². The molecule has 3 nitrogen and oxygen atoms in total. The molecule has 0 spiro atoms. The third-order valence-corrected chi connectivity index (χ3v) is 5.76. The Morgan fingerprint density at radius 3 is 2.95 bits per heavy atom. The molecule has 1 amide bonds. The van der Waals surface area contributed by atoms with E-state index in [1.807, 2.05) is 17.5 Å². The predicted molar refractivity (Wildman–Crippen MR) is 91.0 cm³/mol. The maximum atomic E-state index is 13.0. The molecule has 1 saturated heterocycles. The molecule has 2 atom stereocenters. The molecule has 114 valence electrons. The highest BCUT2D eigenvalue weighted by Crippen LogP contribution is 2.45. The van der Waals surface area contributed by atoms with Gasteiger partial charge >= 0.3 is 0 Å². The van der Waals surface area contributed by atoms with Crippen LogP contribution in [0.3, 0.4) is 0 Å². The molecule has 1 fully saturated rings. The lowest BCUT2D eigenvalue weighted by molar-refractivity contribution is 0.0968. The van der Waals surface area contributed by atoms with Crippen LogP contribution in [0.2, 0.25) is 0 Å². The topological polar surface area (TPSA) is 23.6 Å². The fraction of sp³-hybridized carbons (Fsp3) is 0.389. The number of fused-ring (bicyclic) bond motifs is 3. The molecule has 4 rings (SSSR count). The Balaban J connectivity index is 1.80. The fourth-order valence-corrected chi connectivity index (χ4v) is 4.53. The highest BCUT2D eigenvalue weighted by Gasteiger charge is 2.44. The van der Waals surface area contributed by atoms with E-state index in [0.29, 0.717) is 12.0 Å². The van der Waals surface area contributed by atoms with Crippen LogP contribution in [0.5, 0.6) is 0 Å². The normalized spacial score (nSPS) is 24.2. The number of likely N-dealkylation sites (N-methyl/N-ethyl adjacent to an activating group) is 1. The number of hydrogen-bond donors (Lipinski definition) is 0. The molecule has 0 radical (unpaired) electrons. The first-order valence-electron chi connectivity index (χ1n) is 7.81. The lowest BCUT2D eigenvalue weighted by Crippen LogP contribution is -2.47. The van der Waals surface area contributed by atoms with Crippen molar-refractivity contribution in [1.82, 2.24) is 4.90 Å². The first kappa shape index (κ1) is 14.0. The van der Waals surface area contributed by atoms with Crippen LogP contribution >= 0.6 is 11.3 Å². The zero-order chi connectivity index (χ0) is 15.3. The van der Waals surface area contributed by atoms with E-state index in [4.69, 9.17) is 0 Å². The maximum Gasteiger partial charge on any atom is 0.268 e. The van der Waals surface area contributed by atoms with Gasteiger partial charge in [0.1, 0.15) is 0 Å². The predicted octanol–water partition coefficient (Wildman–Crippen LogP) is 3.50. The Morgan fingerprint density at radius 1 is 1.32 bits per heavy atom. The summed E-state index contributed by atoms with van der Waals surface area (Å²) in [6, 6.07) is 10.7. The highest BCUT2D eigenvalue weighted by molar-refractivity contribution is 7.12. The third kappa shape index (κ3) is 2.09. The van der Waals surface area contributed by atoms with Crippen LogP contribution < -0.4 is 4.90 Å². The molecule has 4 heteroatoms. The number of hydrogen-bond acceptors (Lipinski definition) is 3. The number of thiophene rings is 1. The summed E-state index contributed by atoms with van der Waals surface area (Å²) in [5.74, 6) is 0.606. The maximum absolute atomic E-state index is 13.0. The van der Waals surface area contributed by atoms with Gasteiger partial charge in [-0.3, -0.25) is 4.79 Å². The van der Waals surface area contributed by atoms with Gasteiger partial charge in [-0.05, 0) is 50.0 Å². The van der Waals surface area contributed by atoms with Crippen molar-refractivity contribution in [3.05, 3.63) is 51.7 Å². The zero-order valence-electron chi connectivity index (χ0n) is 13.0. The molecule has 1 aromatic carbocycles. The van der Waals surface area contributed by atoms with Crippen molar-refractivity contribution in [3.63, 3.8) is 0 Å². The Bertz CT molecular complexity index is 710. The van der Waals surface area contributed by atoms with Crippen molar-refractivity contribution in [1.29, 1.82) is 0 Å². The second kappa shape index (κ2) is 5.21. The molecule has 22 heavy (non-hydrogen) atoms. The number of rotatable bonds is 1. The van der Waals surface area contributed by atoms with E-state index in [2.05, 4.69) is 42.0 Å². The van der Waals surface area contributed by atoms with Gasteiger partial charge in [0.05, 0.1) is 4.88 Å².